The predicted octanol–water partition coefficient (Wildman–Crippen LogP) is 5.11. The van der Waals surface area contributed by atoms with Gasteiger partial charge in [0.1, 0.15) is 18.7 Å². The molecule has 0 aliphatic rings. The lowest BCUT2D eigenvalue weighted by atomic mass is 9.96. The van der Waals surface area contributed by atoms with Gasteiger partial charge in [0, 0.05) is 39.5 Å². The first-order chi connectivity index (χ1) is 16.7. The third-order valence-electron chi connectivity index (χ3n) is 5.62. The molecule has 5 aromatic rings. The molecule has 1 N–H and O–H groups in total. The number of nitrogens with zero attached hydrogens (tertiary/aromatic N) is 5. The molecule has 0 saturated heterocycles. The summed E-state index contributed by atoms with van der Waals surface area (Å²) in [5.41, 5.74) is 5.40. The Morgan fingerprint density at radius 2 is 2.00 bits per heavy atom. The molecule has 168 valence electrons. The molecule has 3 heterocycles. The van der Waals surface area contributed by atoms with Crippen LogP contribution >= 0.6 is 11.3 Å². The van der Waals surface area contributed by atoms with Gasteiger partial charge < -0.3 is 4.74 Å². The van der Waals surface area contributed by atoms with Crippen LogP contribution in [-0.2, 0) is 13.0 Å². The van der Waals surface area contributed by atoms with Crippen LogP contribution in [0.3, 0.4) is 0 Å². The zero-order valence-electron chi connectivity index (χ0n) is 18.8. The fraction of sp³-hybridized carbons (Fsp3) is 0.192. The van der Waals surface area contributed by atoms with Gasteiger partial charge in [0.05, 0.1) is 5.92 Å². The Labute approximate surface area is 201 Å². The fourth-order valence-corrected chi connectivity index (χ4v) is 4.81. The molecule has 34 heavy (non-hydrogen) atoms. The van der Waals surface area contributed by atoms with E-state index in [-0.39, 0.29) is 5.92 Å². The number of fused-ring (bicyclic) bond motifs is 1. The zero-order chi connectivity index (χ0) is 23.3. The van der Waals surface area contributed by atoms with E-state index in [0.717, 1.165) is 33.7 Å². The van der Waals surface area contributed by atoms with Crippen molar-refractivity contribution in [2.75, 3.05) is 0 Å². The summed E-state index contributed by atoms with van der Waals surface area (Å²) in [6.07, 6.45) is 4.07. The maximum absolute atomic E-state index is 6.09. The summed E-state index contributed by atoms with van der Waals surface area (Å²) in [5.74, 6) is 7.69. The second-order valence-corrected chi connectivity index (χ2v) is 8.75. The molecular formula is C26H22N6OS. The lowest BCUT2D eigenvalue weighted by Gasteiger charge is -2.11. The van der Waals surface area contributed by atoms with E-state index >= 15 is 0 Å². The number of aryl methyl sites for hydroxylation is 1. The highest BCUT2D eigenvalue weighted by molar-refractivity contribution is 7.17. The van der Waals surface area contributed by atoms with Crippen molar-refractivity contribution >= 4 is 21.4 Å². The number of tetrazole rings is 1. The van der Waals surface area contributed by atoms with Crippen LogP contribution in [0.1, 0.15) is 35.5 Å². The van der Waals surface area contributed by atoms with E-state index in [1.807, 2.05) is 44.3 Å². The van der Waals surface area contributed by atoms with Gasteiger partial charge in [-0.25, -0.2) is 9.97 Å². The van der Waals surface area contributed by atoms with Crippen molar-refractivity contribution in [2.24, 2.45) is 0 Å². The first-order valence-electron chi connectivity index (χ1n) is 10.9. The molecule has 0 amide bonds. The third kappa shape index (κ3) is 4.65. The fourth-order valence-electron chi connectivity index (χ4n) is 3.87. The van der Waals surface area contributed by atoms with Crippen LogP contribution in [0.4, 0.5) is 0 Å². The molecule has 0 spiro atoms. The summed E-state index contributed by atoms with van der Waals surface area (Å²) in [4.78, 5) is 8.55. The quantitative estimate of drug-likeness (QED) is 0.335. The second-order valence-electron chi connectivity index (χ2n) is 7.84. The van der Waals surface area contributed by atoms with Crippen molar-refractivity contribution in [1.82, 2.24) is 30.6 Å². The third-order valence-corrected chi connectivity index (χ3v) is 6.59. The largest absolute Gasteiger partial charge is 0.489 e. The highest BCUT2D eigenvalue weighted by Crippen LogP contribution is 2.35. The van der Waals surface area contributed by atoms with Crippen molar-refractivity contribution in [3.8, 4) is 28.7 Å². The molecule has 8 heteroatoms. The SMILES string of the molecule is CC#C[C@@H](Cc1nn[nH]n1)c1ccc(OCc2ccc3scc(-c4cncnc4C)c3c2)cc1. The lowest BCUT2D eigenvalue weighted by molar-refractivity contribution is 0.306. The standard InChI is InChI=1S/C26H22N6OS/c1-3-4-20(12-26-29-31-32-30-26)19-6-8-21(9-7-19)33-14-18-5-10-25-22(11-18)24(15-34-25)23-13-27-16-28-17(23)2/h5-11,13,15-16,20H,12,14H2,1-2H3,(H,29,30,31,32)/t20-/m0/s1. The van der Waals surface area contributed by atoms with Gasteiger partial charge in [-0.2, -0.15) is 5.21 Å². The number of aromatic nitrogens is 6. The first kappa shape index (κ1) is 21.7. The normalized spacial score (nSPS) is 11.7. The number of thiophene rings is 1. The molecule has 3 aromatic heterocycles. The number of rotatable bonds is 7. The summed E-state index contributed by atoms with van der Waals surface area (Å²) in [5, 5.41) is 17.6. The van der Waals surface area contributed by atoms with Crippen LogP contribution in [0, 0.1) is 18.8 Å². The number of nitrogens with one attached hydrogen (secondary N) is 1. The van der Waals surface area contributed by atoms with Crippen molar-refractivity contribution in [2.45, 2.75) is 32.8 Å². The van der Waals surface area contributed by atoms with Crippen LogP contribution in [0.2, 0.25) is 0 Å². The van der Waals surface area contributed by atoms with Gasteiger partial charge in [-0.3, -0.25) is 0 Å². The first-order valence-corrected chi connectivity index (χ1v) is 11.7. The van der Waals surface area contributed by atoms with E-state index < -0.39 is 0 Å². The molecule has 0 aliphatic heterocycles. The van der Waals surface area contributed by atoms with Crippen LogP contribution in [0.25, 0.3) is 21.2 Å². The number of hydrogen-bond acceptors (Lipinski definition) is 7. The number of ether oxygens (including phenoxy) is 1. The number of benzene rings is 2. The van der Waals surface area contributed by atoms with Crippen LogP contribution in [0.15, 0.2) is 60.4 Å². The average molecular weight is 467 g/mol. The topological polar surface area (TPSA) is 89.5 Å². The highest BCUT2D eigenvalue weighted by atomic mass is 32.1. The van der Waals surface area contributed by atoms with Crippen molar-refractivity contribution in [3.63, 3.8) is 0 Å². The molecular weight excluding hydrogens is 444 g/mol. The van der Waals surface area contributed by atoms with Crippen LogP contribution < -0.4 is 4.74 Å². The molecule has 5 rings (SSSR count). The highest BCUT2D eigenvalue weighted by Gasteiger charge is 2.13. The van der Waals surface area contributed by atoms with Crippen molar-refractivity contribution < 1.29 is 4.74 Å². The Balaban J connectivity index is 1.31. The summed E-state index contributed by atoms with van der Waals surface area (Å²) in [7, 11) is 0. The molecule has 0 saturated carbocycles. The van der Waals surface area contributed by atoms with Gasteiger partial charge in [0.25, 0.3) is 0 Å². The Bertz CT molecular complexity index is 1470. The molecule has 7 nitrogen and oxygen atoms in total. The van der Waals surface area contributed by atoms with Crippen molar-refractivity contribution in [1.29, 1.82) is 0 Å². The van der Waals surface area contributed by atoms with Gasteiger partial charge >= 0.3 is 0 Å². The number of hydrogen-bond donors (Lipinski definition) is 1. The van der Waals surface area contributed by atoms with Gasteiger partial charge in [-0.05, 0) is 54.6 Å². The smallest absolute Gasteiger partial charge is 0.176 e. The molecule has 0 fully saturated rings. The van der Waals surface area contributed by atoms with Gasteiger partial charge in [-0.1, -0.05) is 29.3 Å². The molecule has 0 radical (unpaired) electrons. The summed E-state index contributed by atoms with van der Waals surface area (Å²) < 4.78 is 7.32. The second kappa shape index (κ2) is 9.81. The monoisotopic (exact) mass is 466 g/mol. The number of aromatic amines is 1. The Morgan fingerprint density at radius 3 is 2.76 bits per heavy atom. The molecule has 2 aromatic carbocycles. The van der Waals surface area contributed by atoms with Crippen molar-refractivity contribution in [3.05, 3.63) is 83.0 Å². The Morgan fingerprint density at radius 1 is 1.12 bits per heavy atom. The minimum atomic E-state index is 0.00138. The minimum absolute atomic E-state index is 0.00138. The minimum Gasteiger partial charge on any atom is -0.489 e. The Hall–Kier alpha value is -4.09. The van der Waals surface area contributed by atoms with Gasteiger partial charge in [0.2, 0.25) is 0 Å². The van der Waals surface area contributed by atoms with E-state index in [2.05, 4.69) is 66.0 Å². The van der Waals surface area contributed by atoms with Crippen LogP contribution in [-0.4, -0.2) is 30.6 Å². The summed E-state index contributed by atoms with van der Waals surface area (Å²) in [6.45, 7) is 4.33. The Kier molecular flexibility index (Phi) is 6.27. The number of H-pyrrole nitrogens is 1. The molecule has 0 unspecified atom stereocenters. The lowest BCUT2D eigenvalue weighted by Crippen LogP contribution is -2.03. The van der Waals surface area contributed by atoms with E-state index in [1.165, 1.54) is 10.1 Å². The molecule has 0 aliphatic carbocycles. The van der Waals surface area contributed by atoms with E-state index in [9.17, 15) is 0 Å². The summed E-state index contributed by atoms with van der Waals surface area (Å²) in [6, 6.07) is 14.5. The predicted molar refractivity (Wildman–Crippen MR) is 132 cm³/mol. The average Bonchev–Trinajstić information content (AvgIpc) is 3.53. The van der Waals surface area contributed by atoms with E-state index in [1.54, 1.807) is 17.7 Å². The zero-order valence-corrected chi connectivity index (χ0v) is 19.6. The van der Waals surface area contributed by atoms with E-state index in [0.29, 0.717) is 18.9 Å². The van der Waals surface area contributed by atoms with Crippen LogP contribution in [0.5, 0.6) is 5.75 Å². The maximum atomic E-state index is 6.09. The van der Waals surface area contributed by atoms with Gasteiger partial charge in [0.15, 0.2) is 5.82 Å². The maximum Gasteiger partial charge on any atom is 0.176 e. The molecule has 1 atom stereocenters. The summed E-state index contributed by atoms with van der Waals surface area (Å²) >= 11 is 1.73. The van der Waals surface area contributed by atoms with Gasteiger partial charge in [-0.15, -0.1) is 27.5 Å². The molecule has 0 bridgehead atoms. The van der Waals surface area contributed by atoms with E-state index in [4.69, 9.17) is 4.74 Å².